The van der Waals surface area contributed by atoms with Gasteiger partial charge in [-0.2, -0.15) is 0 Å². The number of para-hydroxylation sites is 3. The van der Waals surface area contributed by atoms with Gasteiger partial charge in [-0.1, -0.05) is 24.3 Å². The van der Waals surface area contributed by atoms with Crippen molar-refractivity contribution in [3.05, 3.63) is 54.3 Å². The van der Waals surface area contributed by atoms with Gasteiger partial charge in [-0.05, 0) is 37.1 Å². The zero-order chi connectivity index (χ0) is 16.4. The van der Waals surface area contributed by atoms with E-state index >= 15 is 0 Å². The molecular formula is C20H22N2O2. The van der Waals surface area contributed by atoms with E-state index in [0.717, 1.165) is 41.3 Å². The summed E-state index contributed by atoms with van der Waals surface area (Å²) in [6, 6.07) is 16.5. The Hall–Kier alpha value is -2.62. The number of benzene rings is 2. The molecule has 0 aliphatic carbocycles. The Bertz CT molecular complexity index is 835. The molecule has 1 N–H and O–H groups in total. The third kappa shape index (κ3) is 2.80. The minimum Gasteiger partial charge on any atom is -0.493 e. The number of hydrogen-bond acceptors (Lipinski definition) is 4. The normalized spacial score (nSPS) is 14.3. The maximum Gasteiger partial charge on any atom is 0.176 e. The summed E-state index contributed by atoms with van der Waals surface area (Å²) in [5.41, 5.74) is 3.25. The van der Waals surface area contributed by atoms with Crippen molar-refractivity contribution in [2.45, 2.75) is 19.4 Å². The van der Waals surface area contributed by atoms with Gasteiger partial charge < -0.3 is 19.4 Å². The highest BCUT2D eigenvalue weighted by Gasteiger charge is 2.15. The van der Waals surface area contributed by atoms with Gasteiger partial charge in [0.2, 0.25) is 0 Å². The molecule has 1 aromatic heterocycles. The molecule has 0 radical (unpaired) electrons. The van der Waals surface area contributed by atoms with Crippen LogP contribution < -0.4 is 15.0 Å². The maximum atomic E-state index is 5.98. The van der Waals surface area contributed by atoms with Crippen LogP contribution in [0, 0.1) is 0 Å². The van der Waals surface area contributed by atoms with E-state index in [1.165, 1.54) is 18.5 Å². The van der Waals surface area contributed by atoms with E-state index in [4.69, 9.17) is 9.15 Å². The van der Waals surface area contributed by atoms with Crippen molar-refractivity contribution >= 4 is 22.3 Å². The molecule has 0 unspecified atom stereocenters. The quantitative estimate of drug-likeness (QED) is 0.742. The Morgan fingerprint density at radius 3 is 2.75 bits per heavy atom. The van der Waals surface area contributed by atoms with Gasteiger partial charge in [-0.25, -0.2) is 0 Å². The number of rotatable bonds is 5. The van der Waals surface area contributed by atoms with Crippen LogP contribution in [0.2, 0.25) is 0 Å². The predicted molar refractivity (Wildman–Crippen MR) is 98.0 cm³/mol. The number of fused-ring (bicyclic) bond motifs is 1. The van der Waals surface area contributed by atoms with Crippen LogP contribution in [0.15, 0.2) is 52.9 Å². The summed E-state index contributed by atoms with van der Waals surface area (Å²) in [5, 5.41) is 4.60. The first kappa shape index (κ1) is 14.9. The van der Waals surface area contributed by atoms with Crippen LogP contribution in [0.3, 0.4) is 0 Å². The van der Waals surface area contributed by atoms with Gasteiger partial charge in [0, 0.05) is 18.5 Å². The van der Waals surface area contributed by atoms with Crippen LogP contribution in [0.25, 0.3) is 11.0 Å². The Balaban J connectivity index is 1.55. The number of ether oxygens (including phenoxy) is 1. The SMILES string of the molecule is COc1cccc2cc(CNc3ccccc3N3CCCC3)oc12. The van der Waals surface area contributed by atoms with Gasteiger partial charge in [0.25, 0.3) is 0 Å². The molecule has 0 atom stereocenters. The monoisotopic (exact) mass is 322 g/mol. The molecule has 1 fully saturated rings. The molecule has 0 bridgehead atoms. The van der Waals surface area contributed by atoms with Gasteiger partial charge in [0.1, 0.15) is 5.76 Å². The highest BCUT2D eigenvalue weighted by molar-refractivity contribution is 5.83. The summed E-state index contributed by atoms with van der Waals surface area (Å²) in [6.45, 7) is 2.93. The van der Waals surface area contributed by atoms with Crippen LogP contribution in [0.4, 0.5) is 11.4 Å². The van der Waals surface area contributed by atoms with Crippen molar-refractivity contribution in [1.29, 1.82) is 0 Å². The average Bonchev–Trinajstić information content (AvgIpc) is 3.29. The lowest BCUT2D eigenvalue weighted by atomic mass is 10.2. The molecule has 4 rings (SSSR count). The Kier molecular flexibility index (Phi) is 4.03. The molecule has 2 aromatic carbocycles. The summed E-state index contributed by atoms with van der Waals surface area (Å²) >= 11 is 0. The first-order valence-electron chi connectivity index (χ1n) is 8.48. The molecule has 3 aromatic rings. The molecular weight excluding hydrogens is 300 g/mol. The topological polar surface area (TPSA) is 37.6 Å². The number of methoxy groups -OCH3 is 1. The summed E-state index contributed by atoms with van der Waals surface area (Å²) in [4.78, 5) is 2.45. The average molecular weight is 322 g/mol. The van der Waals surface area contributed by atoms with Crippen LogP contribution >= 0.6 is 0 Å². The second-order valence-corrected chi connectivity index (χ2v) is 6.16. The molecule has 0 spiro atoms. The number of furan rings is 1. The maximum absolute atomic E-state index is 5.98. The molecule has 4 heteroatoms. The van der Waals surface area contributed by atoms with Crippen molar-refractivity contribution < 1.29 is 9.15 Å². The number of nitrogens with one attached hydrogen (secondary N) is 1. The second-order valence-electron chi connectivity index (χ2n) is 6.16. The molecule has 4 nitrogen and oxygen atoms in total. The summed E-state index contributed by atoms with van der Waals surface area (Å²) in [7, 11) is 1.67. The molecule has 124 valence electrons. The van der Waals surface area contributed by atoms with Gasteiger partial charge in [0.05, 0.1) is 25.0 Å². The fraction of sp³-hybridized carbons (Fsp3) is 0.300. The van der Waals surface area contributed by atoms with Crippen molar-refractivity contribution in [2.75, 3.05) is 30.4 Å². The zero-order valence-electron chi connectivity index (χ0n) is 13.9. The van der Waals surface area contributed by atoms with E-state index in [2.05, 4.69) is 40.5 Å². The Morgan fingerprint density at radius 1 is 1.08 bits per heavy atom. The minimum absolute atomic E-state index is 0.655. The Labute approximate surface area is 142 Å². The lowest BCUT2D eigenvalue weighted by molar-refractivity contribution is 0.408. The zero-order valence-corrected chi connectivity index (χ0v) is 13.9. The van der Waals surface area contributed by atoms with Crippen molar-refractivity contribution in [1.82, 2.24) is 0 Å². The summed E-state index contributed by atoms with van der Waals surface area (Å²) in [5.74, 6) is 1.68. The van der Waals surface area contributed by atoms with E-state index in [9.17, 15) is 0 Å². The van der Waals surface area contributed by atoms with Crippen molar-refractivity contribution in [2.24, 2.45) is 0 Å². The van der Waals surface area contributed by atoms with E-state index in [1.54, 1.807) is 7.11 Å². The van der Waals surface area contributed by atoms with Gasteiger partial charge >= 0.3 is 0 Å². The van der Waals surface area contributed by atoms with Crippen LogP contribution in [0.5, 0.6) is 5.75 Å². The van der Waals surface area contributed by atoms with Gasteiger partial charge in [0.15, 0.2) is 11.3 Å². The lowest BCUT2D eigenvalue weighted by Gasteiger charge is -2.21. The molecule has 0 amide bonds. The molecule has 1 aliphatic rings. The first-order valence-corrected chi connectivity index (χ1v) is 8.48. The molecule has 2 heterocycles. The van der Waals surface area contributed by atoms with E-state index in [-0.39, 0.29) is 0 Å². The molecule has 1 aliphatic heterocycles. The summed E-state index contributed by atoms with van der Waals surface area (Å²) < 4.78 is 11.3. The first-order chi connectivity index (χ1) is 11.8. The molecule has 24 heavy (non-hydrogen) atoms. The third-order valence-electron chi connectivity index (χ3n) is 4.58. The van der Waals surface area contributed by atoms with Crippen LogP contribution in [-0.4, -0.2) is 20.2 Å². The van der Waals surface area contributed by atoms with Crippen LogP contribution in [0.1, 0.15) is 18.6 Å². The van der Waals surface area contributed by atoms with E-state index in [1.807, 2.05) is 18.2 Å². The molecule has 1 saturated heterocycles. The Morgan fingerprint density at radius 2 is 1.92 bits per heavy atom. The third-order valence-corrected chi connectivity index (χ3v) is 4.58. The highest BCUT2D eigenvalue weighted by atomic mass is 16.5. The standard InChI is InChI=1S/C20H22N2O2/c1-23-19-10-6-7-15-13-16(24-20(15)19)14-21-17-8-2-3-9-18(17)22-11-4-5-12-22/h2-3,6-10,13,21H,4-5,11-12,14H2,1H3. The largest absolute Gasteiger partial charge is 0.493 e. The smallest absolute Gasteiger partial charge is 0.176 e. The predicted octanol–water partition coefficient (Wildman–Crippen LogP) is 4.65. The van der Waals surface area contributed by atoms with Crippen molar-refractivity contribution in [3.8, 4) is 5.75 Å². The lowest BCUT2D eigenvalue weighted by Crippen LogP contribution is -2.19. The highest BCUT2D eigenvalue weighted by Crippen LogP contribution is 2.31. The fourth-order valence-electron chi connectivity index (χ4n) is 3.38. The van der Waals surface area contributed by atoms with Crippen LogP contribution in [-0.2, 0) is 6.54 Å². The van der Waals surface area contributed by atoms with E-state index < -0.39 is 0 Å². The number of nitrogens with zero attached hydrogens (tertiary/aromatic N) is 1. The van der Waals surface area contributed by atoms with Gasteiger partial charge in [-0.3, -0.25) is 0 Å². The second kappa shape index (κ2) is 6.48. The molecule has 0 saturated carbocycles. The van der Waals surface area contributed by atoms with E-state index in [0.29, 0.717) is 6.54 Å². The fourth-order valence-corrected chi connectivity index (χ4v) is 3.38. The van der Waals surface area contributed by atoms with Gasteiger partial charge in [-0.15, -0.1) is 0 Å². The minimum atomic E-state index is 0.655. The summed E-state index contributed by atoms with van der Waals surface area (Å²) in [6.07, 6.45) is 2.55. The number of hydrogen-bond donors (Lipinski definition) is 1. The van der Waals surface area contributed by atoms with Crippen molar-refractivity contribution in [3.63, 3.8) is 0 Å². The number of anilines is 2.